The number of benzene rings is 3. The van der Waals surface area contributed by atoms with E-state index in [9.17, 15) is 14.7 Å². The molecular formula is C36H44N2O8. The number of likely N-dealkylation sites (tertiary alicyclic amines) is 2. The lowest BCUT2D eigenvalue weighted by Crippen LogP contribution is -2.48. The van der Waals surface area contributed by atoms with Gasteiger partial charge in [0.2, 0.25) is 5.75 Å². The molecule has 2 fully saturated rings. The summed E-state index contributed by atoms with van der Waals surface area (Å²) in [6.45, 7) is 3.20. The van der Waals surface area contributed by atoms with Crippen LogP contribution in [0.3, 0.4) is 0 Å². The molecule has 0 radical (unpaired) electrons. The van der Waals surface area contributed by atoms with Crippen molar-refractivity contribution in [3.8, 4) is 28.7 Å². The molecular weight excluding hydrogens is 588 g/mol. The number of ether oxygens (including phenoxy) is 5. The minimum atomic E-state index is -0.879. The van der Waals surface area contributed by atoms with Gasteiger partial charge in [0.15, 0.2) is 23.0 Å². The summed E-state index contributed by atoms with van der Waals surface area (Å²) in [7, 11) is 7.84. The van der Waals surface area contributed by atoms with Gasteiger partial charge in [0.1, 0.15) is 0 Å². The van der Waals surface area contributed by atoms with Gasteiger partial charge in [-0.05, 0) is 80.7 Å². The molecule has 1 amide bonds. The molecule has 0 bridgehead atoms. The first-order valence-corrected chi connectivity index (χ1v) is 15.6. The van der Waals surface area contributed by atoms with Crippen LogP contribution in [0.5, 0.6) is 28.7 Å². The van der Waals surface area contributed by atoms with Crippen molar-refractivity contribution in [3.05, 3.63) is 77.4 Å². The molecule has 5 rings (SSSR count). The fourth-order valence-electron chi connectivity index (χ4n) is 7.10. The van der Waals surface area contributed by atoms with Crippen LogP contribution in [0.4, 0.5) is 0 Å². The van der Waals surface area contributed by atoms with Crippen LogP contribution in [-0.4, -0.2) is 95.1 Å². The second-order valence-electron chi connectivity index (χ2n) is 12.1. The fourth-order valence-corrected chi connectivity index (χ4v) is 7.10. The van der Waals surface area contributed by atoms with Crippen molar-refractivity contribution >= 4 is 11.9 Å². The molecule has 10 nitrogen and oxygen atoms in total. The first kappa shape index (κ1) is 32.9. The summed E-state index contributed by atoms with van der Waals surface area (Å²) in [6.07, 6.45) is 2.63. The van der Waals surface area contributed by atoms with Gasteiger partial charge in [-0.1, -0.05) is 36.4 Å². The first-order valence-electron chi connectivity index (χ1n) is 15.6. The molecule has 0 saturated carbocycles. The van der Waals surface area contributed by atoms with Gasteiger partial charge in [0.05, 0.1) is 41.0 Å². The molecule has 2 aliphatic rings. The summed E-state index contributed by atoms with van der Waals surface area (Å²) < 4.78 is 27.7. The smallest absolute Gasteiger partial charge is 0.314 e. The van der Waals surface area contributed by atoms with Crippen molar-refractivity contribution in [1.29, 1.82) is 0 Å². The maximum atomic E-state index is 14.0. The van der Waals surface area contributed by atoms with Crippen molar-refractivity contribution in [3.63, 3.8) is 0 Å². The van der Waals surface area contributed by atoms with E-state index in [0.717, 1.165) is 30.5 Å². The summed E-state index contributed by atoms with van der Waals surface area (Å²) in [5, 5.41) is 10.3. The monoisotopic (exact) mass is 632 g/mol. The van der Waals surface area contributed by atoms with Crippen LogP contribution in [0, 0.1) is 0 Å². The third-order valence-corrected chi connectivity index (χ3v) is 9.90. The van der Waals surface area contributed by atoms with Crippen molar-refractivity contribution in [2.24, 2.45) is 0 Å². The van der Waals surface area contributed by atoms with E-state index in [0.29, 0.717) is 73.3 Å². The minimum Gasteiger partial charge on any atom is -0.493 e. The first-order chi connectivity index (χ1) is 22.2. The van der Waals surface area contributed by atoms with Gasteiger partial charge in [-0.2, -0.15) is 0 Å². The topological polar surface area (TPSA) is 107 Å². The zero-order valence-electron chi connectivity index (χ0n) is 27.3. The number of piperidine rings is 1. The number of carboxylic acid groups (broad SMARTS) is 1. The molecule has 0 spiro atoms. The number of methoxy groups -OCH3 is 5. The Labute approximate surface area is 270 Å². The van der Waals surface area contributed by atoms with Gasteiger partial charge in [-0.3, -0.25) is 9.59 Å². The molecule has 1 N–H and O–H groups in total. The van der Waals surface area contributed by atoms with Crippen LogP contribution >= 0.6 is 0 Å². The molecule has 1 atom stereocenters. The van der Waals surface area contributed by atoms with Crippen LogP contribution in [0.15, 0.2) is 60.7 Å². The van der Waals surface area contributed by atoms with Crippen LogP contribution in [0.2, 0.25) is 0 Å². The second-order valence-corrected chi connectivity index (χ2v) is 12.1. The number of rotatable bonds is 12. The highest BCUT2D eigenvalue weighted by molar-refractivity contribution is 5.96. The van der Waals surface area contributed by atoms with E-state index in [1.54, 1.807) is 26.4 Å². The van der Waals surface area contributed by atoms with Crippen LogP contribution in [0.25, 0.3) is 0 Å². The number of aliphatic carboxylic acids is 1. The number of carboxylic acids is 1. The Balaban J connectivity index is 1.39. The van der Waals surface area contributed by atoms with E-state index >= 15 is 0 Å². The summed E-state index contributed by atoms with van der Waals surface area (Å²) in [5.74, 6) is 1.68. The molecule has 2 heterocycles. The Morgan fingerprint density at radius 3 is 1.91 bits per heavy atom. The fraction of sp³-hybridized carbons (Fsp3) is 0.444. The van der Waals surface area contributed by atoms with Gasteiger partial charge >= 0.3 is 5.97 Å². The number of carbonyl (C=O) groups excluding carboxylic acids is 1. The van der Waals surface area contributed by atoms with Gasteiger partial charge in [-0.25, -0.2) is 0 Å². The molecule has 10 heteroatoms. The van der Waals surface area contributed by atoms with E-state index in [1.807, 2.05) is 47.4 Å². The van der Waals surface area contributed by atoms with E-state index in [2.05, 4.69) is 11.0 Å². The molecule has 2 saturated heterocycles. The Morgan fingerprint density at radius 2 is 1.35 bits per heavy atom. The zero-order chi connectivity index (χ0) is 32.9. The highest BCUT2D eigenvalue weighted by Gasteiger charge is 2.45. The van der Waals surface area contributed by atoms with Crippen molar-refractivity contribution in [1.82, 2.24) is 9.80 Å². The van der Waals surface area contributed by atoms with Crippen molar-refractivity contribution in [2.75, 3.05) is 68.3 Å². The summed E-state index contributed by atoms with van der Waals surface area (Å²) in [4.78, 5) is 30.7. The molecule has 1 unspecified atom stereocenters. The number of nitrogens with zero attached hydrogens (tertiary/aromatic N) is 2. The van der Waals surface area contributed by atoms with E-state index in [1.165, 1.54) is 21.3 Å². The molecule has 3 aromatic rings. The maximum Gasteiger partial charge on any atom is 0.314 e. The van der Waals surface area contributed by atoms with Crippen molar-refractivity contribution < 1.29 is 38.4 Å². The molecule has 46 heavy (non-hydrogen) atoms. The molecule has 246 valence electrons. The van der Waals surface area contributed by atoms with E-state index in [-0.39, 0.29) is 11.3 Å². The van der Waals surface area contributed by atoms with Gasteiger partial charge in [0, 0.05) is 24.1 Å². The molecule has 2 aliphatic heterocycles. The summed E-state index contributed by atoms with van der Waals surface area (Å²) in [6, 6.07) is 19.0. The summed E-state index contributed by atoms with van der Waals surface area (Å²) in [5.41, 5.74) is 1.17. The summed E-state index contributed by atoms with van der Waals surface area (Å²) >= 11 is 0. The molecule has 0 aliphatic carbocycles. The Bertz CT molecular complexity index is 1510. The lowest BCUT2D eigenvalue weighted by atomic mass is 9.72. The Hall–Kier alpha value is -4.44. The number of hydrogen-bond acceptors (Lipinski definition) is 8. The standard InChI is InChI=1S/C36H44N2O8/c1-42-28-12-11-27(23-29(28)43-2)35(13-17-37-18-15-36(16-19-37,34(40)41)26-9-7-6-8-10-26)14-20-38(24-35)33(39)25-21-30(44-3)32(46-5)31(22-25)45-4/h6-12,21-23H,13-20,24H2,1-5H3,(H,40,41). The van der Waals surface area contributed by atoms with Crippen LogP contribution in [-0.2, 0) is 15.6 Å². The maximum absolute atomic E-state index is 14.0. The SMILES string of the molecule is COc1ccc(C2(CCN3CCC(C(=O)O)(c4ccccc4)CC3)CCN(C(=O)c3cc(OC)c(OC)c(OC)c3)C2)cc1OC. The third-order valence-electron chi connectivity index (χ3n) is 9.90. The quantitative estimate of drug-likeness (QED) is 0.295. The predicted molar refractivity (Wildman–Crippen MR) is 174 cm³/mol. The third kappa shape index (κ3) is 6.18. The van der Waals surface area contributed by atoms with Gasteiger partial charge < -0.3 is 38.6 Å². The highest BCUT2D eigenvalue weighted by atomic mass is 16.5. The number of hydrogen-bond donors (Lipinski definition) is 1. The van der Waals surface area contributed by atoms with Crippen LogP contribution < -0.4 is 23.7 Å². The van der Waals surface area contributed by atoms with Crippen LogP contribution in [0.1, 0.15) is 47.2 Å². The Kier molecular flexibility index (Phi) is 9.96. The van der Waals surface area contributed by atoms with E-state index < -0.39 is 11.4 Å². The minimum absolute atomic E-state index is 0.117. The number of carbonyl (C=O) groups is 2. The largest absolute Gasteiger partial charge is 0.493 e. The average molecular weight is 633 g/mol. The average Bonchev–Trinajstić information content (AvgIpc) is 3.55. The second kappa shape index (κ2) is 13.9. The lowest BCUT2D eigenvalue weighted by Gasteiger charge is -2.40. The van der Waals surface area contributed by atoms with Crippen molar-refractivity contribution in [2.45, 2.75) is 36.5 Å². The van der Waals surface area contributed by atoms with E-state index in [4.69, 9.17) is 23.7 Å². The molecule has 3 aromatic carbocycles. The Morgan fingerprint density at radius 1 is 0.717 bits per heavy atom. The highest BCUT2D eigenvalue weighted by Crippen LogP contribution is 2.44. The number of amides is 1. The zero-order valence-corrected chi connectivity index (χ0v) is 27.3. The predicted octanol–water partition coefficient (Wildman–Crippen LogP) is 5.02. The van der Waals surface area contributed by atoms with Gasteiger partial charge in [-0.15, -0.1) is 0 Å². The lowest BCUT2D eigenvalue weighted by molar-refractivity contribution is -0.146. The molecule has 0 aromatic heterocycles. The van der Waals surface area contributed by atoms with Gasteiger partial charge in [0.25, 0.3) is 5.91 Å². The normalized spacial score (nSPS) is 19.4.